The van der Waals surface area contributed by atoms with Crippen LogP contribution in [0.1, 0.15) is 37.2 Å². The van der Waals surface area contributed by atoms with Crippen LogP contribution in [-0.2, 0) is 0 Å². The minimum Gasteiger partial charge on any atom is -0.316 e. The number of benzene rings is 1. The van der Waals surface area contributed by atoms with Crippen molar-refractivity contribution in [1.29, 1.82) is 0 Å². The summed E-state index contributed by atoms with van der Waals surface area (Å²) in [5, 5.41) is 3.56. The minimum absolute atomic E-state index is 0.775. The number of nitrogens with one attached hydrogen (secondary N) is 1. The van der Waals surface area contributed by atoms with Gasteiger partial charge in [-0.2, -0.15) is 0 Å². The quantitative estimate of drug-likeness (QED) is 0.889. The van der Waals surface area contributed by atoms with E-state index in [0.717, 1.165) is 23.8 Å². The molecule has 1 aliphatic carbocycles. The number of nitrogens with zero attached hydrogens (tertiary/aromatic N) is 1. The van der Waals surface area contributed by atoms with Crippen molar-refractivity contribution in [2.24, 2.45) is 11.8 Å². The van der Waals surface area contributed by atoms with E-state index in [1.165, 1.54) is 51.9 Å². The first-order valence-corrected chi connectivity index (χ1v) is 8.41. The van der Waals surface area contributed by atoms with Gasteiger partial charge in [0.1, 0.15) is 0 Å². The molecule has 2 heterocycles. The molecule has 0 amide bonds. The fourth-order valence-electron chi connectivity index (χ4n) is 4.80. The molecule has 3 aliphatic rings. The van der Waals surface area contributed by atoms with E-state index in [0.29, 0.717) is 0 Å². The van der Waals surface area contributed by atoms with Crippen molar-refractivity contribution in [2.45, 2.75) is 37.6 Å². The van der Waals surface area contributed by atoms with Gasteiger partial charge < -0.3 is 5.32 Å². The molecule has 2 aliphatic heterocycles. The number of hydrogen-bond donors (Lipinski definition) is 1. The number of likely N-dealkylation sites (tertiary alicyclic amines) is 1. The smallest absolute Gasteiger partial charge is 0.0164 e. The second-order valence-corrected chi connectivity index (χ2v) is 7.00. The second-order valence-electron chi connectivity index (χ2n) is 7.00. The number of fused-ring (bicyclic) bond motifs is 1. The highest BCUT2D eigenvalue weighted by Crippen LogP contribution is 2.39. The van der Waals surface area contributed by atoms with Crippen molar-refractivity contribution in [3.05, 3.63) is 35.9 Å². The van der Waals surface area contributed by atoms with Gasteiger partial charge in [-0.1, -0.05) is 43.2 Å². The molecule has 0 aromatic heterocycles. The van der Waals surface area contributed by atoms with Crippen molar-refractivity contribution in [3.8, 4) is 0 Å². The van der Waals surface area contributed by atoms with E-state index in [1.54, 1.807) is 5.56 Å². The fraction of sp³-hybridized carbons (Fsp3) is 0.667. The first-order chi connectivity index (χ1) is 9.92. The van der Waals surface area contributed by atoms with Crippen LogP contribution in [0.2, 0.25) is 0 Å². The van der Waals surface area contributed by atoms with Crippen molar-refractivity contribution < 1.29 is 0 Å². The Labute approximate surface area is 122 Å². The third-order valence-electron chi connectivity index (χ3n) is 5.84. The predicted molar refractivity (Wildman–Crippen MR) is 82.9 cm³/mol. The summed E-state index contributed by atoms with van der Waals surface area (Å²) in [6.07, 6.45) is 5.64. The van der Waals surface area contributed by atoms with Crippen LogP contribution in [0.15, 0.2) is 30.3 Å². The van der Waals surface area contributed by atoms with Crippen LogP contribution in [0.4, 0.5) is 0 Å². The normalized spacial score (nSPS) is 38.0. The first-order valence-electron chi connectivity index (χ1n) is 8.41. The van der Waals surface area contributed by atoms with Crippen LogP contribution in [0.3, 0.4) is 0 Å². The zero-order chi connectivity index (χ0) is 13.4. The summed E-state index contributed by atoms with van der Waals surface area (Å²) in [6.45, 7) is 5.19. The Kier molecular flexibility index (Phi) is 3.53. The second kappa shape index (κ2) is 5.50. The van der Waals surface area contributed by atoms with Crippen LogP contribution < -0.4 is 5.32 Å². The molecule has 1 saturated carbocycles. The molecule has 108 valence electrons. The Morgan fingerprint density at radius 3 is 2.35 bits per heavy atom. The third-order valence-corrected chi connectivity index (χ3v) is 5.84. The van der Waals surface area contributed by atoms with Crippen LogP contribution in [-0.4, -0.2) is 37.1 Å². The van der Waals surface area contributed by atoms with Crippen molar-refractivity contribution in [1.82, 2.24) is 10.2 Å². The van der Waals surface area contributed by atoms with E-state index >= 15 is 0 Å². The van der Waals surface area contributed by atoms with Crippen LogP contribution in [0.25, 0.3) is 0 Å². The van der Waals surface area contributed by atoms with Crippen molar-refractivity contribution >= 4 is 0 Å². The summed E-state index contributed by atoms with van der Waals surface area (Å²) in [6, 6.07) is 12.1. The molecule has 1 aromatic carbocycles. The van der Waals surface area contributed by atoms with Gasteiger partial charge in [-0.05, 0) is 49.2 Å². The molecule has 2 saturated heterocycles. The van der Waals surface area contributed by atoms with Crippen LogP contribution in [0, 0.1) is 11.8 Å². The summed E-state index contributed by atoms with van der Waals surface area (Å²) in [4.78, 5) is 2.84. The Morgan fingerprint density at radius 2 is 1.60 bits per heavy atom. The highest BCUT2D eigenvalue weighted by atomic mass is 15.2. The first kappa shape index (κ1) is 12.8. The van der Waals surface area contributed by atoms with Crippen LogP contribution in [0.5, 0.6) is 0 Å². The molecular weight excluding hydrogens is 244 g/mol. The standard InChI is InChI=1S/C18H26N2/c1-2-6-14(7-3-1)17-8-4-5-9-18(17)20-12-15-10-19-11-16(15)13-20/h1-3,6-7,15-19H,4-5,8-13H2. The Balaban J connectivity index is 1.53. The zero-order valence-electron chi connectivity index (χ0n) is 12.3. The molecule has 3 fully saturated rings. The third kappa shape index (κ3) is 2.29. The molecule has 4 unspecified atom stereocenters. The lowest BCUT2D eigenvalue weighted by Gasteiger charge is -2.39. The molecule has 0 spiro atoms. The van der Waals surface area contributed by atoms with Gasteiger partial charge in [-0.3, -0.25) is 4.90 Å². The summed E-state index contributed by atoms with van der Waals surface area (Å²) < 4.78 is 0. The fourth-order valence-corrected chi connectivity index (χ4v) is 4.80. The maximum Gasteiger partial charge on any atom is 0.0164 e. The molecule has 4 rings (SSSR count). The predicted octanol–water partition coefficient (Wildman–Crippen LogP) is 2.86. The summed E-state index contributed by atoms with van der Waals surface area (Å²) in [7, 11) is 0. The van der Waals surface area contributed by atoms with E-state index < -0.39 is 0 Å². The summed E-state index contributed by atoms with van der Waals surface area (Å²) in [5.41, 5.74) is 1.58. The highest BCUT2D eigenvalue weighted by Gasteiger charge is 2.41. The van der Waals surface area contributed by atoms with Gasteiger partial charge in [0, 0.05) is 19.1 Å². The van der Waals surface area contributed by atoms with Gasteiger partial charge in [-0.25, -0.2) is 0 Å². The zero-order valence-corrected chi connectivity index (χ0v) is 12.3. The largest absolute Gasteiger partial charge is 0.316 e. The Hall–Kier alpha value is -0.860. The Morgan fingerprint density at radius 1 is 0.900 bits per heavy atom. The number of hydrogen-bond acceptors (Lipinski definition) is 2. The monoisotopic (exact) mass is 270 g/mol. The molecule has 2 heteroatoms. The van der Waals surface area contributed by atoms with E-state index in [2.05, 4.69) is 40.5 Å². The van der Waals surface area contributed by atoms with Gasteiger partial charge in [0.2, 0.25) is 0 Å². The maximum atomic E-state index is 3.56. The molecule has 2 nitrogen and oxygen atoms in total. The molecule has 1 aromatic rings. The van der Waals surface area contributed by atoms with Gasteiger partial charge in [0.25, 0.3) is 0 Å². The molecule has 4 atom stereocenters. The summed E-state index contributed by atoms with van der Waals surface area (Å²) in [5.74, 6) is 2.62. The lowest BCUT2D eigenvalue weighted by Crippen LogP contribution is -2.41. The molecule has 0 bridgehead atoms. The van der Waals surface area contributed by atoms with E-state index in [9.17, 15) is 0 Å². The summed E-state index contributed by atoms with van der Waals surface area (Å²) >= 11 is 0. The van der Waals surface area contributed by atoms with E-state index in [-0.39, 0.29) is 0 Å². The average Bonchev–Trinajstić information content (AvgIpc) is 3.09. The Bertz CT molecular complexity index is 432. The lowest BCUT2D eigenvalue weighted by molar-refractivity contribution is 0.156. The average molecular weight is 270 g/mol. The number of rotatable bonds is 2. The molecule has 1 N–H and O–H groups in total. The van der Waals surface area contributed by atoms with Crippen LogP contribution >= 0.6 is 0 Å². The molecular formula is C18H26N2. The highest BCUT2D eigenvalue weighted by molar-refractivity contribution is 5.22. The topological polar surface area (TPSA) is 15.3 Å². The minimum atomic E-state index is 0.775. The van der Waals surface area contributed by atoms with Gasteiger partial charge in [-0.15, -0.1) is 0 Å². The van der Waals surface area contributed by atoms with Gasteiger partial charge in [0.15, 0.2) is 0 Å². The van der Waals surface area contributed by atoms with Crippen molar-refractivity contribution in [3.63, 3.8) is 0 Å². The van der Waals surface area contributed by atoms with Crippen molar-refractivity contribution in [2.75, 3.05) is 26.2 Å². The SMILES string of the molecule is c1ccc(C2CCCCC2N2CC3CNCC3C2)cc1. The molecule has 0 radical (unpaired) electrons. The van der Waals surface area contributed by atoms with E-state index in [4.69, 9.17) is 0 Å². The van der Waals surface area contributed by atoms with Gasteiger partial charge >= 0.3 is 0 Å². The van der Waals surface area contributed by atoms with E-state index in [1.807, 2.05) is 0 Å². The molecule has 20 heavy (non-hydrogen) atoms. The maximum absolute atomic E-state index is 3.56. The lowest BCUT2D eigenvalue weighted by atomic mass is 9.79. The van der Waals surface area contributed by atoms with Gasteiger partial charge in [0.05, 0.1) is 0 Å².